The molecular formula is C11H7ClFN. The second-order valence-corrected chi connectivity index (χ2v) is 3.30. The molecule has 0 atom stereocenters. The van der Waals surface area contributed by atoms with E-state index in [1.165, 1.54) is 12.1 Å². The zero-order valence-corrected chi connectivity index (χ0v) is 8.00. The van der Waals surface area contributed by atoms with Crippen molar-refractivity contribution in [3.05, 3.63) is 53.4 Å². The topological polar surface area (TPSA) is 12.9 Å². The van der Waals surface area contributed by atoms with Crippen LogP contribution in [0, 0.1) is 5.82 Å². The second-order valence-electron chi connectivity index (χ2n) is 2.87. The number of halogens is 2. The largest absolute Gasteiger partial charge is 0.256 e. The summed E-state index contributed by atoms with van der Waals surface area (Å²) in [5.41, 5.74) is 1.60. The molecular weight excluding hydrogens is 201 g/mol. The van der Waals surface area contributed by atoms with Crippen molar-refractivity contribution in [2.45, 2.75) is 0 Å². The summed E-state index contributed by atoms with van der Waals surface area (Å²) >= 11 is 5.81. The van der Waals surface area contributed by atoms with Crippen molar-refractivity contribution in [1.82, 2.24) is 4.98 Å². The van der Waals surface area contributed by atoms with Gasteiger partial charge >= 0.3 is 0 Å². The van der Waals surface area contributed by atoms with Gasteiger partial charge < -0.3 is 0 Å². The molecule has 0 N–H and O–H groups in total. The van der Waals surface area contributed by atoms with Crippen molar-refractivity contribution in [3.63, 3.8) is 0 Å². The van der Waals surface area contributed by atoms with Crippen LogP contribution in [0.1, 0.15) is 0 Å². The van der Waals surface area contributed by atoms with Crippen LogP contribution in [0.2, 0.25) is 5.02 Å². The lowest BCUT2D eigenvalue weighted by Gasteiger charge is -2.00. The van der Waals surface area contributed by atoms with E-state index in [4.69, 9.17) is 11.6 Å². The smallest absolute Gasteiger partial charge is 0.123 e. The van der Waals surface area contributed by atoms with Crippen LogP contribution in [0.25, 0.3) is 11.3 Å². The fraction of sp³-hybridized carbons (Fsp3) is 0. The van der Waals surface area contributed by atoms with E-state index in [0.717, 1.165) is 11.3 Å². The summed E-state index contributed by atoms with van der Waals surface area (Å²) in [5.74, 6) is -0.254. The first-order valence-electron chi connectivity index (χ1n) is 4.13. The van der Waals surface area contributed by atoms with E-state index in [0.29, 0.717) is 5.02 Å². The van der Waals surface area contributed by atoms with E-state index < -0.39 is 0 Å². The predicted molar refractivity (Wildman–Crippen MR) is 54.6 cm³/mol. The van der Waals surface area contributed by atoms with Crippen LogP contribution in [0.3, 0.4) is 0 Å². The Bertz CT molecular complexity index is 439. The molecule has 2 rings (SSSR count). The first kappa shape index (κ1) is 9.16. The summed E-state index contributed by atoms with van der Waals surface area (Å²) in [5, 5.41) is 0.624. The Kier molecular flexibility index (Phi) is 2.46. The maximum absolute atomic E-state index is 12.6. The summed E-state index contributed by atoms with van der Waals surface area (Å²) in [7, 11) is 0. The van der Waals surface area contributed by atoms with Gasteiger partial charge in [-0.05, 0) is 36.4 Å². The van der Waals surface area contributed by atoms with Crippen molar-refractivity contribution in [2.24, 2.45) is 0 Å². The van der Waals surface area contributed by atoms with E-state index in [2.05, 4.69) is 4.98 Å². The molecule has 1 nitrogen and oxygen atoms in total. The summed E-state index contributed by atoms with van der Waals surface area (Å²) in [6.07, 6.45) is 1.63. The van der Waals surface area contributed by atoms with Gasteiger partial charge in [-0.3, -0.25) is 4.98 Å². The molecule has 14 heavy (non-hydrogen) atoms. The molecule has 0 aliphatic carbocycles. The zero-order valence-electron chi connectivity index (χ0n) is 7.24. The molecule has 0 radical (unpaired) electrons. The average molecular weight is 208 g/mol. The van der Waals surface area contributed by atoms with E-state index in [1.807, 2.05) is 0 Å². The van der Waals surface area contributed by atoms with Gasteiger partial charge in [-0.15, -0.1) is 0 Å². The van der Waals surface area contributed by atoms with Crippen LogP contribution in [0.4, 0.5) is 4.39 Å². The molecule has 0 spiro atoms. The summed E-state index contributed by atoms with van der Waals surface area (Å²) in [4.78, 5) is 4.13. The number of rotatable bonds is 1. The van der Waals surface area contributed by atoms with Crippen molar-refractivity contribution < 1.29 is 4.39 Å². The van der Waals surface area contributed by atoms with Crippen LogP contribution >= 0.6 is 11.6 Å². The minimum atomic E-state index is -0.254. The predicted octanol–water partition coefficient (Wildman–Crippen LogP) is 3.54. The van der Waals surface area contributed by atoms with Gasteiger partial charge in [0.25, 0.3) is 0 Å². The second kappa shape index (κ2) is 3.76. The number of hydrogen-bond donors (Lipinski definition) is 0. The summed E-state index contributed by atoms with van der Waals surface area (Å²) in [6.45, 7) is 0. The maximum atomic E-state index is 12.6. The molecule has 0 unspecified atom stereocenters. The molecule has 1 aromatic carbocycles. The summed E-state index contributed by atoms with van der Waals surface area (Å²) in [6, 6.07) is 9.60. The molecule has 70 valence electrons. The molecule has 0 aliphatic rings. The Morgan fingerprint density at radius 1 is 1.07 bits per heavy atom. The molecule has 0 saturated heterocycles. The normalized spacial score (nSPS) is 10.1. The van der Waals surface area contributed by atoms with Crippen LogP contribution in [-0.4, -0.2) is 4.98 Å². The van der Waals surface area contributed by atoms with E-state index >= 15 is 0 Å². The molecule has 0 bridgehead atoms. The zero-order chi connectivity index (χ0) is 9.97. The van der Waals surface area contributed by atoms with Crippen molar-refractivity contribution >= 4 is 11.6 Å². The molecule has 3 heteroatoms. The Labute approximate surface area is 86.2 Å². The third kappa shape index (κ3) is 1.91. The molecule has 0 saturated carbocycles. The molecule has 0 aliphatic heterocycles. The standard InChI is InChI=1S/C11H7ClFN/c12-9-5-6-14-11(7-9)8-1-3-10(13)4-2-8/h1-7H. The fourth-order valence-corrected chi connectivity index (χ4v) is 1.34. The summed E-state index contributed by atoms with van der Waals surface area (Å²) < 4.78 is 12.6. The SMILES string of the molecule is Fc1ccc(-c2cc(Cl)ccn2)cc1. The Hall–Kier alpha value is -1.41. The van der Waals surface area contributed by atoms with Crippen molar-refractivity contribution in [3.8, 4) is 11.3 Å². The van der Waals surface area contributed by atoms with E-state index in [1.54, 1.807) is 30.5 Å². The number of nitrogens with zero attached hydrogens (tertiary/aromatic N) is 1. The first-order valence-corrected chi connectivity index (χ1v) is 4.51. The van der Waals surface area contributed by atoms with Crippen molar-refractivity contribution in [1.29, 1.82) is 0 Å². The van der Waals surface area contributed by atoms with E-state index in [9.17, 15) is 4.39 Å². The number of hydrogen-bond acceptors (Lipinski definition) is 1. The molecule has 0 amide bonds. The lowest BCUT2D eigenvalue weighted by Crippen LogP contribution is -1.82. The lowest BCUT2D eigenvalue weighted by molar-refractivity contribution is 0.628. The highest BCUT2D eigenvalue weighted by Gasteiger charge is 1.99. The van der Waals surface area contributed by atoms with Gasteiger partial charge in [0.1, 0.15) is 5.82 Å². The van der Waals surface area contributed by atoms with Gasteiger partial charge in [-0.2, -0.15) is 0 Å². The molecule has 1 aromatic heterocycles. The third-order valence-electron chi connectivity index (χ3n) is 1.86. The van der Waals surface area contributed by atoms with Crippen LogP contribution in [0.15, 0.2) is 42.6 Å². The quantitative estimate of drug-likeness (QED) is 0.697. The Morgan fingerprint density at radius 3 is 2.43 bits per heavy atom. The number of pyridine rings is 1. The fourth-order valence-electron chi connectivity index (χ4n) is 1.18. The van der Waals surface area contributed by atoms with Gasteiger partial charge in [-0.1, -0.05) is 11.6 Å². The van der Waals surface area contributed by atoms with Crippen LogP contribution < -0.4 is 0 Å². The highest BCUT2D eigenvalue weighted by atomic mass is 35.5. The minimum absolute atomic E-state index is 0.254. The molecule has 0 fully saturated rings. The molecule has 1 heterocycles. The van der Waals surface area contributed by atoms with Gasteiger partial charge in [-0.25, -0.2) is 4.39 Å². The van der Waals surface area contributed by atoms with Gasteiger partial charge in [0.2, 0.25) is 0 Å². The van der Waals surface area contributed by atoms with Gasteiger partial charge in [0.15, 0.2) is 0 Å². The average Bonchev–Trinajstić information content (AvgIpc) is 2.19. The number of benzene rings is 1. The Balaban J connectivity index is 2.44. The lowest BCUT2D eigenvalue weighted by atomic mass is 10.1. The van der Waals surface area contributed by atoms with Crippen LogP contribution in [0.5, 0.6) is 0 Å². The molecule has 2 aromatic rings. The minimum Gasteiger partial charge on any atom is -0.256 e. The Morgan fingerprint density at radius 2 is 1.79 bits per heavy atom. The highest BCUT2D eigenvalue weighted by molar-refractivity contribution is 6.30. The highest BCUT2D eigenvalue weighted by Crippen LogP contribution is 2.19. The first-order chi connectivity index (χ1) is 6.75. The van der Waals surface area contributed by atoms with Crippen LogP contribution in [-0.2, 0) is 0 Å². The van der Waals surface area contributed by atoms with Crippen molar-refractivity contribution in [2.75, 3.05) is 0 Å². The van der Waals surface area contributed by atoms with Gasteiger partial charge in [0, 0.05) is 16.8 Å². The number of aromatic nitrogens is 1. The monoisotopic (exact) mass is 207 g/mol. The van der Waals surface area contributed by atoms with Gasteiger partial charge in [0.05, 0.1) is 5.69 Å². The maximum Gasteiger partial charge on any atom is 0.123 e. The van der Waals surface area contributed by atoms with E-state index in [-0.39, 0.29) is 5.82 Å². The third-order valence-corrected chi connectivity index (χ3v) is 2.10.